The lowest BCUT2D eigenvalue weighted by Gasteiger charge is -2.20. The number of esters is 1. The predicted molar refractivity (Wildman–Crippen MR) is 85.3 cm³/mol. The Hall–Kier alpha value is -1.97. The maximum atomic E-state index is 12.0. The predicted octanol–water partition coefficient (Wildman–Crippen LogP) is -1.87. The van der Waals surface area contributed by atoms with Crippen molar-refractivity contribution in [3.8, 4) is 0 Å². The Morgan fingerprint density at radius 2 is 1.86 bits per heavy atom. The summed E-state index contributed by atoms with van der Waals surface area (Å²) in [6.07, 6.45) is 0.776. The van der Waals surface area contributed by atoms with E-state index < -0.39 is 24.0 Å². The van der Waals surface area contributed by atoms with Crippen LogP contribution >= 0.6 is 12.6 Å². The van der Waals surface area contributed by atoms with Crippen LogP contribution < -0.4 is 22.1 Å². The Morgan fingerprint density at radius 1 is 1.23 bits per heavy atom. The molecule has 2 unspecified atom stereocenters. The van der Waals surface area contributed by atoms with Gasteiger partial charge in [0.15, 0.2) is 5.96 Å². The number of carbonyl (C=O) groups excluding carboxylic acids is 3. The minimum absolute atomic E-state index is 0.0422. The molecule has 2 atom stereocenters. The number of nitrogens with zero attached hydrogens (tertiary/aromatic N) is 1. The number of carbonyl (C=O) groups is 3. The van der Waals surface area contributed by atoms with Crippen molar-refractivity contribution >= 4 is 36.4 Å². The molecule has 0 spiro atoms. The highest BCUT2D eigenvalue weighted by Crippen LogP contribution is 2.02. The van der Waals surface area contributed by atoms with Gasteiger partial charge in [0.1, 0.15) is 12.1 Å². The van der Waals surface area contributed by atoms with E-state index in [1.165, 1.54) is 14.0 Å². The summed E-state index contributed by atoms with van der Waals surface area (Å²) in [6, 6.07) is -1.67. The summed E-state index contributed by atoms with van der Waals surface area (Å²) in [4.78, 5) is 38.5. The number of ether oxygens (including phenoxy) is 1. The fourth-order valence-electron chi connectivity index (χ4n) is 1.61. The number of rotatable bonds is 9. The second-order valence-electron chi connectivity index (χ2n) is 4.47. The molecule has 10 heteroatoms. The van der Waals surface area contributed by atoms with Crippen molar-refractivity contribution in [3.63, 3.8) is 0 Å². The number of hydrogen-bond donors (Lipinski definition) is 5. The largest absolute Gasteiger partial charge is 0.467 e. The third-order valence-corrected chi connectivity index (χ3v) is 2.99. The first-order valence-electron chi connectivity index (χ1n) is 6.63. The lowest BCUT2D eigenvalue weighted by molar-refractivity contribution is -0.145. The number of hydrogen-bond acceptors (Lipinski definition) is 6. The smallest absolute Gasteiger partial charge is 0.328 e. The highest BCUT2D eigenvalue weighted by Gasteiger charge is 2.25. The number of amides is 2. The van der Waals surface area contributed by atoms with Gasteiger partial charge in [-0.2, -0.15) is 12.6 Å². The van der Waals surface area contributed by atoms with Crippen LogP contribution in [-0.4, -0.2) is 55.2 Å². The summed E-state index contributed by atoms with van der Waals surface area (Å²) in [5.41, 5.74) is 10.4. The van der Waals surface area contributed by atoms with Crippen LogP contribution in [0, 0.1) is 0 Å². The quantitative estimate of drug-likeness (QED) is 0.110. The number of aliphatic imine (C=N–C) groups is 1. The second-order valence-corrected chi connectivity index (χ2v) is 4.83. The van der Waals surface area contributed by atoms with Crippen LogP contribution in [0.4, 0.5) is 0 Å². The van der Waals surface area contributed by atoms with Gasteiger partial charge in [0.05, 0.1) is 7.11 Å². The fraction of sp³-hybridized carbons (Fsp3) is 0.667. The Balaban J connectivity index is 4.62. The normalized spacial score (nSPS) is 12.7. The average Bonchev–Trinajstić information content (AvgIpc) is 2.46. The van der Waals surface area contributed by atoms with E-state index in [4.69, 9.17) is 11.5 Å². The molecule has 9 nitrogen and oxygen atoms in total. The average molecular weight is 333 g/mol. The molecule has 0 aromatic heterocycles. The summed E-state index contributed by atoms with van der Waals surface area (Å²) in [7, 11) is 1.22. The van der Waals surface area contributed by atoms with E-state index in [0.29, 0.717) is 19.4 Å². The summed E-state index contributed by atoms with van der Waals surface area (Å²) in [5, 5.41) is 4.96. The molecule has 0 heterocycles. The van der Waals surface area contributed by atoms with Gasteiger partial charge in [0.25, 0.3) is 0 Å². The van der Waals surface area contributed by atoms with Crippen molar-refractivity contribution in [1.82, 2.24) is 10.6 Å². The molecule has 0 aliphatic carbocycles. The number of thiol groups is 1. The van der Waals surface area contributed by atoms with Gasteiger partial charge in [-0.15, -0.1) is 0 Å². The van der Waals surface area contributed by atoms with E-state index in [-0.39, 0.29) is 17.6 Å². The number of guanidine groups is 1. The first-order valence-corrected chi connectivity index (χ1v) is 7.26. The van der Waals surface area contributed by atoms with E-state index >= 15 is 0 Å². The van der Waals surface area contributed by atoms with Crippen molar-refractivity contribution in [2.75, 3.05) is 19.4 Å². The molecule has 0 aromatic rings. The number of nitrogens with one attached hydrogen (secondary N) is 2. The number of nitrogens with two attached hydrogens (primary N) is 2. The SMILES string of the molecule is COC(=O)C(CCCN=C(N)N)NC(=O)C(CS)NC(C)=O. The molecular formula is C12H23N5O4S. The minimum Gasteiger partial charge on any atom is -0.467 e. The van der Waals surface area contributed by atoms with Crippen LogP contribution in [-0.2, 0) is 19.1 Å². The first kappa shape index (κ1) is 20.0. The van der Waals surface area contributed by atoms with Gasteiger partial charge in [-0.3, -0.25) is 14.6 Å². The van der Waals surface area contributed by atoms with Crippen LogP contribution in [0.15, 0.2) is 4.99 Å². The molecule has 0 bridgehead atoms. The molecule has 0 saturated heterocycles. The van der Waals surface area contributed by atoms with Gasteiger partial charge in [0.2, 0.25) is 11.8 Å². The lowest BCUT2D eigenvalue weighted by atomic mass is 10.1. The Kier molecular flexibility index (Phi) is 9.75. The van der Waals surface area contributed by atoms with Crippen molar-refractivity contribution in [2.45, 2.75) is 31.8 Å². The third-order valence-electron chi connectivity index (χ3n) is 2.62. The molecule has 0 aromatic carbocycles. The second kappa shape index (κ2) is 10.7. The van der Waals surface area contributed by atoms with Gasteiger partial charge >= 0.3 is 5.97 Å². The van der Waals surface area contributed by atoms with Crippen molar-refractivity contribution < 1.29 is 19.1 Å². The summed E-state index contributed by atoms with van der Waals surface area (Å²) >= 11 is 4.00. The van der Waals surface area contributed by atoms with Gasteiger partial charge in [0, 0.05) is 19.2 Å². The molecule has 0 saturated carbocycles. The first-order chi connectivity index (χ1) is 10.3. The van der Waals surface area contributed by atoms with E-state index in [1.807, 2.05) is 0 Å². The molecule has 0 aliphatic rings. The summed E-state index contributed by atoms with van der Waals surface area (Å²) in [5.74, 6) is -1.40. The maximum Gasteiger partial charge on any atom is 0.328 e. The van der Waals surface area contributed by atoms with Gasteiger partial charge in [-0.1, -0.05) is 0 Å². The highest BCUT2D eigenvalue weighted by atomic mass is 32.1. The molecular weight excluding hydrogens is 310 g/mol. The monoisotopic (exact) mass is 333 g/mol. The zero-order valence-corrected chi connectivity index (χ0v) is 13.6. The Bertz CT molecular complexity index is 426. The third kappa shape index (κ3) is 8.35. The number of methoxy groups -OCH3 is 1. The molecule has 0 radical (unpaired) electrons. The highest BCUT2D eigenvalue weighted by molar-refractivity contribution is 7.80. The van der Waals surface area contributed by atoms with Crippen LogP contribution in [0.5, 0.6) is 0 Å². The molecule has 0 aliphatic heterocycles. The molecule has 22 heavy (non-hydrogen) atoms. The topological polar surface area (TPSA) is 149 Å². The van der Waals surface area contributed by atoms with Gasteiger partial charge < -0.3 is 26.8 Å². The lowest BCUT2D eigenvalue weighted by Crippen LogP contribution is -2.52. The van der Waals surface area contributed by atoms with Crippen molar-refractivity contribution in [1.29, 1.82) is 0 Å². The zero-order valence-electron chi connectivity index (χ0n) is 12.7. The van der Waals surface area contributed by atoms with E-state index in [9.17, 15) is 14.4 Å². The Labute approximate surface area is 134 Å². The molecule has 0 fully saturated rings. The molecule has 0 rings (SSSR count). The van der Waals surface area contributed by atoms with Crippen LogP contribution in [0.25, 0.3) is 0 Å². The van der Waals surface area contributed by atoms with E-state index in [0.717, 1.165) is 0 Å². The molecule has 6 N–H and O–H groups in total. The van der Waals surface area contributed by atoms with Crippen LogP contribution in [0.2, 0.25) is 0 Å². The zero-order chi connectivity index (χ0) is 17.1. The minimum atomic E-state index is -0.845. The van der Waals surface area contributed by atoms with Gasteiger partial charge in [-0.25, -0.2) is 4.79 Å². The van der Waals surface area contributed by atoms with Crippen LogP contribution in [0.3, 0.4) is 0 Å². The Morgan fingerprint density at radius 3 is 2.32 bits per heavy atom. The van der Waals surface area contributed by atoms with Crippen LogP contribution in [0.1, 0.15) is 19.8 Å². The standard InChI is InChI=1S/C12H23N5O4S/c1-7(18)16-9(6-22)10(19)17-8(11(20)21-2)4-3-5-15-12(13)14/h8-9,22H,3-6H2,1-2H3,(H,16,18)(H,17,19)(H4,13,14,15). The molecule has 2 amide bonds. The summed E-state index contributed by atoms with van der Waals surface area (Å²) in [6.45, 7) is 1.62. The van der Waals surface area contributed by atoms with E-state index in [2.05, 4.69) is 33.0 Å². The molecule has 126 valence electrons. The van der Waals surface area contributed by atoms with E-state index in [1.54, 1.807) is 0 Å². The summed E-state index contributed by atoms with van der Waals surface area (Å²) < 4.78 is 4.64. The fourth-order valence-corrected chi connectivity index (χ4v) is 1.86. The maximum absolute atomic E-state index is 12.0. The van der Waals surface area contributed by atoms with Crippen molar-refractivity contribution in [3.05, 3.63) is 0 Å². The van der Waals surface area contributed by atoms with Crippen molar-refractivity contribution in [2.24, 2.45) is 16.5 Å². The van der Waals surface area contributed by atoms with Gasteiger partial charge in [-0.05, 0) is 12.8 Å².